The largest absolute Gasteiger partial charge is 0.317 e. The lowest BCUT2D eigenvalue weighted by atomic mass is 10.1. The van der Waals surface area contributed by atoms with E-state index in [0.717, 1.165) is 37.3 Å². The highest BCUT2D eigenvalue weighted by Gasteiger charge is 2.29. The van der Waals surface area contributed by atoms with Crippen molar-refractivity contribution in [1.82, 2.24) is 9.21 Å². The number of hydrogen-bond donors (Lipinski definition) is 1. The second-order valence-electron chi connectivity index (χ2n) is 8.38. The molecule has 0 saturated carbocycles. The smallest absolute Gasteiger partial charge is 0.243 e. The monoisotopic (exact) mass is 490 g/mol. The molecule has 10 heteroatoms. The van der Waals surface area contributed by atoms with Gasteiger partial charge in [-0.1, -0.05) is 12.5 Å². The SMILES string of the molecule is N#Cc1c(NC(=O)CCN2CCN(S(=O)(=O)c3cccc(F)c3)CC2)sc2c1CCCCC2. The van der Waals surface area contributed by atoms with Crippen molar-refractivity contribution in [3.8, 4) is 6.07 Å². The average molecular weight is 491 g/mol. The summed E-state index contributed by atoms with van der Waals surface area (Å²) in [5, 5.41) is 13.2. The fraction of sp³-hybridized carbons (Fsp3) is 0.478. The Morgan fingerprint density at radius 3 is 2.64 bits per heavy atom. The van der Waals surface area contributed by atoms with Gasteiger partial charge in [0.1, 0.15) is 16.9 Å². The number of nitrogens with one attached hydrogen (secondary N) is 1. The number of rotatable bonds is 6. The molecule has 7 nitrogen and oxygen atoms in total. The number of nitriles is 1. The van der Waals surface area contributed by atoms with E-state index in [1.807, 2.05) is 4.90 Å². The van der Waals surface area contributed by atoms with Crippen LogP contribution in [0.2, 0.25) is 0 Å². The molecule has 2 aromatic rings. The van der Waals surface area contributed by atoms with Gasteiger partial charge >= 0.3 is 0 Å². The second-order valence-corrected chi connectivity index (χ2v) is 11.4. The van der Waals surface area contributed by atoms with Crippen LogP contribution in [0, 0.1) is 17.1 Å². The van der Waals surface area contributed by atoms with E-state index < -0.39 is 15.8 Å². The average Bonchev–Trinajstić information content (AvgIpc) is 2.96. The summed E-state index contributed by atoms with van der Waals surface area (Å²) in [5.74, 6) is -0.722. The molecule has 1 aliphatic heterocycles. The van der Waals surface area contributed by atoms with Gasteiger partial charge in [-0.15, -0.1) is 11.3 Å². The molecule has 1 saturated heterocycles. The Morgan fingerprint density at radius 1 is 1.15 bits per heavy atom. The first-order valence-corrected chi connectivity index (χ1v) is 13.5. The van der Waals surface area contributed by atoms with Crippen LogP contribution in [0.1, 0.15) is 41.7 Å². The minimum absolute atomic E-state index is 0.0435. The number of carbonyl (C=O) groups is 1. The number of fused-ring (bicyclic) bond motifs is 1. The number of piperazine rings is 1. The first-order valence-electron chi connectivity index (χ1n) is 11.2. The molecule has 33 heavy (non-hydrogen) atoms. The van der Waals surface area contributed by atoms with Crippen molar-refractivity contribution in [3.63, 3.8) is 0 Å². The van der Waals surface area contributed by atoms with Crippen molar-refractivity contribution < 1.29 is 17.6 Å². The van der Waals surface area contributed by atoms with Crippen LogP contribution in [0.5, 0.6) is 0 Å². The van der Waals surface area contributed by atoms with Crippen molar-refractivity contribution in [2.75, 3.05) is 38.0 Å². The molecule has 1 N–H and O–H groups in total. The summed E-state index contributed by atoms with van der Waals surface area (Å²) in [6.45, 7) is 2.08. The van der Waals surface area contributed by atoms with Crippen LogP contribution in [0.4, 0.5) is 9.39 Å². The van der Waals surface area contributed by atoms with Crippen LogP contribution in [0.25, 0.3) is 0 Å². The molecule has 0 bridgehead atoms. The Balaban J connectivity index is 1.29. The third-order valence-electron chi connectivity index (χ3n) is 6.21. The molecule has 1 aromatic heterocycles. The number of amides is 1. The Labute approximate surface area is 197 Å². The predicted octanol–water partition coefficient (Wildman–Crippen LogP) is 3.36. The number of halogens is 1. The van der Waals surface area contributed by atoms with Gasteiger partial charge in [-0.2, -0.15) is 9.57 Å². The standard InChI is InChI=1S/C23H27FN4O3S2/c24-17-5-4-6-18(15-17)33(30,31)28-13-11-27(12-14-28)10-9-22(29)26-23-20(16-25)19-7-2-1-3-8-21(19)32-23/h4-6,15H,1-3,7-14H2,(H,26,29). The van der Waals surface area contributed by atoms with E-state index in [2.05, 4.69) is 11.4 Å². The van der Waals surface area contributed by atoms with E-state index in [1.54, 1.807) is 0 Å². The van der Waals surface area contributed by atoms with E-state index in [1.165, 1.54) is 45.1 Å². The van der Waals surface area contributed by atoms with Crippen molar-refractivity contribution in [2.45, 2.75) is 43.4 Å². The Hall–Kier alpha value is -2.32. The molecule has 0 unspecified atom stereocenters. The molecule has 2 heterocycles. The van der Waals surface area contributed by atoms with E-state index >= 15 is 0 Å². The molecule has 0 spiro atoms. The highest BCUT2D eigenvalue weighted by atomic mass is 32.2. The lowest BCUT2D eigenvalue weighted by Gasteiger charge is -2.33. The molecular formula is C23H27FN4O3S2. The first-order chi connectivity index (χ1) is 15.9. The van der Waals surface area contributed by atoms with Gasteiger partial charge < -0.3 is 10.2 Å². The minimum atomic E-state index is -3.73. The summed E-state index contributed by atoms with van der Waals surface area (Å²) < 4.78 is 40.3. The van der Waals surface area contributed by atoms with Gasteiger partial charge in [0.05, 0.1) is 10.5 Å². The summed E-state index contributed by atoms with van der Waals surface area (Å²) in [7, 11) is -3.73. The molecule has 1 amide bonds. The lowest BCUT2D eigenvalue weighted by molar-refractivity contribution is -0.116. The molecule has 4 rings (SSSR count). The molecule has 1 aliphatic carbocycles. The fourth-order valence-electron chi connectivity index (χ4n) is 4.37. The lowest BCUT2D eigenvalue weighted by Crippen LogP contribution is -2.49. The molecule has 0 radical (unpaired) electrons. The number of sulfonamides is 1. The number of anilines is 1. The Morgan fingerprint density at radius 2 is 1.91 bits per heavy atom. The van der Waals surface area contributed by atoms with E-state index in [9.17, 15) is 22.9 Å². The van der Waals surface area contributed by atoms with Gasteiger partial charge in [-0.25, -0.2) is 12.8 Å². The van der Waals surface area contributed by atoms with Gasteiger partial charge in [0, 0.05) is 44.0 Å². The van der Waals surface area contributed by atoms with Crippen molar-refractivity contribution in [2.24, 2.45) is 0 Å². The fourth-order valence-corrected chi connectivity index (χ4v) is 7.08. The number of hydrogen-bond acceptors (Lipinski definition) is 6. The highest BCUT2D eigenvalue weighted by molar-refractivity contribution is 7.89. The first kappa shape index (κ1) is 23.8. The second kappa shape index (κ2) is 10.3. The number of benzene rings is 1. The Bertz CT molecular complexity index is 1160. The molecule has 176 valence electrons. The number of aryl methyl sites for hydroxylation is 1. The maximum Gasteiger partial charge on any atom is 0.243 e. The normalized spacial score (nSPS) is 17.7. The third kappa shape index (κ3) is 5.44. The van der Waals surface area contributed by atoms with Crippen LogP contribution in [-0.2, 0) is 27.7 Å². The third-order valence-corrected chi connectivity index (χ3v) is 9.31. The zero-order valence-electron chi connectivity index (χ0n) is 18.3. The van der Waals surface area contributed by atoms with Gasteiger partial charge in [0.15, 0.2) is 0 Å². The van der Waals surface area contributed by atoms with Crippen LogP contribution in [0.3, 0.4) is 0 Å². The summed E-state index contributed by atoms with van der Waals surface area (Å²) >= 11 is 1.52. The summed E-state index contributed by atoms with van der Waals surface area (Å²) in [6, 6.07) is 7.31. The Kier molecular flexibility index (Phi) is 7.44. The van der Waals surface area contributed by atoms with Crippen molar-refractivity contribution >= 4 is 32.3 Å². The zero-order chi connectivity index (χ0) is 23.4. The zero-order valence-corrected chi connectivity index (χ0v) is 20.0. The van der Waals surface area contributed by atoms with Gasteiger partial charge in [-0.05, 0) is 49.4 Å². The molecule has 0 atom stereocenters. The van der Waals surface area contributed by atoms with E-state index in [-0.39, 0.29) is 30.3 Å². The van der Waals surface area contributed by atoms with Gasteiger partial charge in [0.25, 0.3) is 0 Å². The van der Waals surface area contributed by atoms with Crippen molar-refractivity contribution in [1.29, 1.82) is 5.26 Å². The van der Waals surface area contributed by atoms with E-state index in [0.29, 0.717) is 30.2 Å². The van der Waals surface area contributed by atoms with Crippen LogP contribution >= 0.6 is 11.3 Å². The molecule has 2 aliphatic rings. The minimum Gasteiger partial charge on any atom is -0.317 e. The summed E-state index contributed by atoms with van der Waals surface area (Å²) in [6.07, 6.45) is 5.50. The van der Waals surface area contributed by atoms with Crippen molar-refractivity contribution in [3.05, 3.63) is 46.1 Å². The maximum absolute atomic E-state index is 13.4. The molecular weight excluding hydrogens is 463 g/mol. The van der Waals surface area contributed by atoms with Crippen LogP contribution in [0.15, 0.2) is 29.2 Å². The predicted molar refractivity (Wildman–Crippen MR) is 125 cm³/mol. The molecule has 1 fully saturated rings. The molecule has 1 aromatic carbocycles. The number of carbonyl (C=O) groups excluding carboxylic acids is 1. The highest BCUT2D eigenvalue weighted by Crippen LogP contribution is 2.37. The summed E-state index contributed by atoms with van der Waals surface area (Å²) in [4.78, 5) is 15.8. The van der Waals surface area contributed by atoms with Gasteiger partial charge in [-0.3, -0.25) is 4.79 Å². The maximum atomic E-state index is 13.4. The topological polar surface area (TPSA) is 93.5 Å². The van der Waals surface area contributed by atoms with Crippen LogP contribution < -0.4 is 5.32 Å². The van der Waals surface area contributed by atoms with E-state index in [4.69, 9.17) is 0 Å². The quantitative estimate of drug-likeness (QED) is 0.627. The van der Waals surface area contributed by atoms with Gasteiger partial charge in [0.2, 0.25) is 15.9 Å². The van der Waals surface area contributed by atoms with Crippen LogP contribution in [-0.4, -0.2) is 56.3 Å². The number of nitrogens with zero attached hydrogens (tertiary/aromatic N) is 3. The summed E-state index contributed by atoms with van der Waals surface area (Å²) in [5.41, 5.74) is 1.72. The number of thiophene rings is 1.